The minimum absolute atomic E-state index is 0.553. The highest BCUT2D eigenvalue weighted by Gasteiger charge is 2.18. The average Bonchev–Trinajstić information content (AvgIpc) is 2.74. The zero-order valence-electron chi connectivity index (χ0n) is 12.1. The van der Waals surface area contributed by atoms with Crippen LogP contribution in [0.5, 0.6) is 11.5 Å². The van der Waals surface area contributed by atoms with E-state index in [1.54, 1.807) is 0 Å². The molecule has 20 heavy (non-hydrogen) atoms. The van der Waals surface area contributed by atoms with Crippen LogP contribution in [0.15, 0.2) is 12.1 Å². The number of nitrogens with zero attached hydrogens (tertiary/aromatic N) is 2. The highest BCUT2D eigenvalue weighted by Crippen LogP contribution is 2.35. The number of nitrogens with two attached hydrogens (primary N) is 1. The first-order valence-electron chi connectivity index (χ1n) is 7.18. The van der Waals surface area contributed by atoms with Crippen molar-refractivity contribution in [3.05, 3.63) is 18.0 Å². The Morgan fingerprint density at radius 1 is 1.25 bits per heavy atom. The van der Waals surface area contributed by atoms with Crippen LogP contribution in [0.3, 0.4) is 0 Å². The van der Waals surface area contributed by atoms with E-state index < -0.39 is 0 Å². The smallest absolute Gasteiger partial charge is 0.163 e. The Hall–Kier alpha value is -1.75. The quantitative estimate of drug-likeness (QED) is 0.926. The van der Waals surface area contributed by atoms with Gasteiger partial charge in [0, 0.05) is 25.1 Å². The fourth-order valence-corrected chi connectivity index (χ4v) is 2.60. The Bertz CT molecular complexity index is 619. The van der Waals surface area contributed by atoms with Crippen molar-refractivity contribution in [2.24, 2.45) is 11.7 Å². The zero-order valence-corrected chi connectivity index (χ0v) is 12.1. The first-order valence-corrected chi connectivity index (χ1v) is 7.18. The third-order valence-corrected chi connectivity index (χ3v) is 3.41. The molecule has 0 fully saturated rings. The van der Waals surface area contributed by atoms with Crippen molar-refractivity contribution in [3.8, 4) is 11.5 Å². The van der Waals surface area contributed by atoms with Gasteiger partial charge in [0.15, 0.2) is 11.5 Å². The average molecular weight is 275 g/mol. The Kier molecular flexibility index (Phi) is 3.53. The molecule has 2 N–H and O–H groups in total. The second kappa shape index (κ2) is 5.32. The predicted molar refractivity (Wildman–Crippen MR) is 78.3 cm³/mol. The van der Waals surface area contributed by atoms with Gasteiger partial charge in [-0.1, -0.05) is 13.8 Å². The standard InChI is InChI=1S/C15H21N3O2/c1-10(2)9-18-12-8-14-13(19-5-6-20-14)7-11(12)17-15(18)3-4-16/h7-8,10H,3-6,9,16H2,1-2H3. The number of benzene rings is 1. The van der Waals surface area contributed by atoms with E-state index in [0.717, 1.165) is 41.3 Å². The van der Waals surface area contributed by atoms with Crippen LogP contribution in [-0.2, 0) is 13.0 Å². The summed E-state index contributed by atoms with van der Waals surface area (Å²) in [7, 11) is 0. The summed E-state index contributed by atoms with van der Waals surface area (Å²) in [6, 6.07) is 4.01. The van der Waals surface area contributed by atoms with Crippen molar-refractivity contribution < 1.29 is 9.47 Å². The van der Waals surface area contributed by atoms with Gasteiger partial charge in [-0.05, 0) is 12.5 Å². The third-order valence-electron chi connectivity index (χ3n) is 3.41. The van der Waals surface area contributed by atoms with Crippen molar-refractivity contribution in [2.75, 3.05) is 19.8 Å². The first kappa shape index (κ1) is 13.2. The molecule has 0 saturated heterocycles. The molecule has 0 unspecified atom stereocenters. The number of hydrogen-bond acceptors (Lipinski definition) is 4. The van der Waals surface area contributed by atoms with Crippen LogP contribution in [0, 0.1) is 5.92 Å². The Labute approximate surface area is 118 Å². The van der Waals surface area contributed by atoms with Gasteiger partial charge in [-0.25, -0.2) is 4.98 Å². The van der Waals surface area contributed by atoms with E-state index in [1.807, 2.05) is 12.1 Å². The molecular formula is C15H21N3O2. The second-order valence-electron chi connectivity index (χ2n) is 5.56. The zero-order chi connectivity index (χ0) is 14.1. The number of aromatic nitrogens is 2. The molecule has 1 aromatic heterocycles. The molecule has 5 heteroatoms. The van der Waals surface area contributed by atoms with Gasteiger partial charge in [-0.2, -0.15) is 0 Å². The molecule has 1 aromatic carbocycles. The molecule has 3 rings (SSSR count). The summed E-state index contributed by atoms with van der Waals surface area (Å²) in [5, 5.41) is 0. The molecule has 0 atom stereocenters. The summed E-state index contributed by atoms with van der Waals surface area (Å²) in [6.07, 6.45) is 0.785. The van der Waals surface area contributed by atoms with Crippen LogP contribution in [0.25, 0.3) is 11.0 Å². The lowest BCUT2D eigenvalue weighted by Crippen LogP contribution is -2.15. The van der Waals surface area contributed by atoms with Crippen LogP contribution in [0.1, 0.15) is 19.7 Å². The lowest BCUT2D eigenvalue weighted by atomic mass is 10.2. The lowest BCUT2D eigenvalue weighted by molar-refractivity contribution is 0.172. The Balaban J connectivity index is 2.13. The van der Waals surface area contributed by atoms with Gasteiger partial charge in [-0.3, -0.25) is 0 Å². The van der Waals surface area contributed by atoms with Gasteiger partial charge >= 0.3 is 0 Å². The molecular weight excluding hydrogens is 254 g/mol. The summed E-state index contributed by atoms with van der Waals surface area (Å²) < 4.78 is 13.5. The number of fused-ring (bicyclic) bond motifs is 2. The van der Waals surface area contributed by atoms with E-state index in [9.17, 15) is 0 Å². The van der Waals surface area contributed by atoms with Crippen molar-refractivity contribution in [1.82, 2.24) is 9.55 Å². The highest BCUT2D eigenvalue weighted by molar-refractivity contribution is 5.80. The number of rotatable bonds is 4. The monoisotopic (exact) mass is 275 g/mol. The highest BCUT2D eigenvalue weighted by atomic mass is 16.6. The van der Waals surface area contributed by atoms with E-state index >= 15 is 0 Å². The largest absolute Gasteiger partial charge is 0.486 e. The van der Waals surface area contributed by atoms with Gasteiger partial charge in [0.2, 0.25) is 0 Å². The van der Waals surface area contributed by atoms with E-state index in [4.69, 9.17) is 20.2 Å². The molecule has 0 radical (unpaired) electrons. The number of ether oxygens (including phenoxy) is 2. The fourth-order valence-electron chi connectivity index (χ4n) is 2.60. The molecule has 1 aliphatic heterocycles. The normalized spacial score (nSPS) is 14.2. The third kappa shape index (κ3) is 2.33. The predicted octanol–water partition coefficient (Wildman–Crippen LogP) is 1.96. The summed E-state index contributed by atoms with van der Waals surface area (Å²) in [6.45, 7) is 7.15. The minimum Gasteiger partial charge on any atom is -0.486 e. The molecule has 0 saturated carbocycles. The minimum atomic E-state index is 0.553. The van der Waals surface area contributed by atoms with Gasteiger partial charge < -0.3 is 19.8 Å². The second-order valence-corrected chi connectivity index (χ2v) is 5.56. The van der Waals surface area contributed by atoms with E-state index in [-0.39, 0.29) is 0 Å². The topological polar surface area (TPSA) is 62.3 Å². The fraction of sp³-hybridized carbons (Fsp3) is 0.533. The lowest BCUT2D eigenvalue weighted by Gasteiger charge is -2.18. The van der Waals surface area contributed by atoms with Crippen LogP contribution < -0.4 is 15.2 Å². The Morgan fingerprint density at radius 3 is 2.60 bits per heavy atom. The molecule has 108 valence electrons. The van der Waals surface area contributed by atoms with Gasteiger partial charge in [0.05, 0.1) is 11.0 Å². The van der Waals surface area contributed by atoms with Crippen LogP contribution in [0.2, 0.25) is 0 Å². The van der Waals surface area contributed by atoms with E-state index in [1.165, 1.54) is 0 Å². The maximum absolute atomic E-state index is 5.70. The van der Waals surface area contributed by atoms with E-state index in [2.05, 4.69) is 18.4 Å². The molecule has 2 heterocycles. The van der Waals surface area contributed by atoms with Gasteiger partial charge in [0.1, 0.15) is 19.0 Å². The van der Waals surface area contributed by atoms with Crippen molar-refractivity contribution in [2.45, 2.75) is 26.8 Å². The molecule has 0 aliphatic carbocycles. The van der Waals surface area contributed by atoms with Crippen molar-refractivity contribution >= 4 is 11.0 Å². The molecule has 0 bridgehead atoms. The van der Waals surface area contributed by atoms with Crippen molar-refractivity contribution in [1.29, 1.82) is 0 Å². The summed E-state index contributed by atoms with van der Waals surface area (Å²) >= 11 is 0. The molecule has 5 nitrogen and oxygen atoms in total. The van der Waals surface area contributed by atoms with Crippen LogP contribution in [0.4, 0.5) is 0 Å². The maximum atomic E-state index is 5.70. The summed E-state index contributed by atoms with van der Waals surface area (Å²) in [5.41, 5.74) is 7.76. The summed E-state index contributed by atoms with van der Waals surface area (Å²) in [5.74, 6) is 3.20. The maximum Gasteiger partial charge on any atom is 0.163 e. The van der Waals surface area contributed by atoms with Crippen LogP contribution in [-0.4, -0.2) is 29.3 Å². The van der Waals surface area contributed by atoms with Crippen LogP contribution >= 0.6 is 0 Å². The molecule has 0 spiro atoms. The number of imidazole rings is 1. The first-order chi connectivity index (χ1) is 9.69. The van der Waals surface area contributed by atoms with Gasteiger partial charge in [-0.15, -0.1) is 0 Å². The van der Waals surface area contributed by atoms with Gasteiger partial charge in [0.25, 0.3) is 0 Å². The van der Waals surface area contributed by atoms with E-state index in [0.29, 0.717) is 25.7 Å². The molecule has 0 amide bonds. The molecule has 1 aliphatic rings. The summed E-state index contributed by atoms with van der Waals surface area (Å²) in [4.78, 5) is 4.71. The Morgan fingerprint density at radius 2 is 1.95 bits per heavy atom. The molecule has 2 aromatic rings. The SMILES string of the molecule is CC(C)Cn1c(CCN)nc2cc3c(cc21)OCCO3. The number of hydrogen-bond donors (Lipinski definition) is 1. The van der Waals surface area contributed by atoms with Crippen molar-refractivity contribution in [3.63, 3.8) is 0 Å².